The van der Waals surface area contributed by atoms with Gasteiger partial charge in [0, 0.05) is 0 Å². The van der Waals surface area contributed by atoms with Crippen molar-refractivity contribution in [1.82, 2.24) is 0 Å². The molecule has 0 amide bonds. The van der Waals surface area contributed by atoms with Crippen LogP contribution in [0.25, 0.3) is 6.08 Å². The number of unbranched alkanes of at least 4 members (excludes halogenated alkanes) is 1. The first kappa shape index (κ1) is 22.1. The highest BCUT2D eigenvalue weighted by molar-refractivity contribution is 6.48. The van der Waals surface area contributed by atoms with E-state index in [0.29, 0.717) is 0 Å². The van der Waals surface area contributed by atoms with Crippen LogP contribution in [0, 0.1) is 6.92 Å². The van der Waals surface area contributed by atoms with Gasteiger partial charge in [0.15, 0.2) is 0 Å². The van der Waals surface area contributed by atoms with Crippen LogP contribution < -0.4 is 0 Å². The molecule has 1 unspecified atom stereocenters. The molecule has 0 bridgehead atoms. The van der Waals surface area contributed by atoms with Crippen LogP contribution in [0.5, 0.6) is 0 Å². The lowest BCUT2D eigenvalue weighted by atomic mass is 9.95. The maximum absolute atomic E-state index is 13.6. The van der Waals surface area contributed by atoms with E-state index in [2.05, 4.69) is 6.92 Å². The Morgan fingerprint density at radius 1 is 1.04 bits per heavy atom. The zero-order valence-electron chi connectivity index (χ0n) is 15.0. The van der Waals surface area contributed by atoms with E-state index in [-0.39, 0.29) is 20.6 Å². The Kier molecular flexibility index (Phi) is 7.67. The highest BCUT2D eigenvalue weighted by Crippen LogP contribution is 2.41. The Hall–Kier alpha value is -1.16. The van der Waals surface area contributed by atoms with Crippen LogP contribution in [0.2, 0.25) is 15.1 Å². The number of rotatable bonds is 6. The second-order valence-corrected chi connectivity index (χ2v) is 7.66. The zero-order chi connectivity index (χ0) is 20.2. The van der Waals surface area contributed by atoms with Gasteiger partial charge in [-0.3, -0.25) is 0 Å². The first-order valence-electron chi connectivity index (χ1n) is 8.62. The third kappa shape index (κ3) is 5.91. The predicted molar refractivity (Wildman–Crippen MR) is 109 cm³/mol. The minimum atomic E-state index is -4.48. The summed E-state index contributed by atoms with van der Waals surface area (Å²) in [5, 5.41) is 0.0455. The lowest BCUT2D eigenvalue weighted by molar-refractivity contribution is -0.139. The second-order valence-electron chi connectivity index (χ2n) is 6.47. The van der Waals surface area contributed by atoms with Crippen molar-refractivity contribution in [3.63, 3.8) is 0 Å². The molecule has 6 heteroatoms. The van der Waals surface area contributed by atoms with Crippen LogP contribution in [-0.4, -0.2) is 6.18 Å². The molecule has 0 aromatic heterocycles. The summed E-state index contributed by atoms with van der Waals surface area (Å²) < 4.78 is 40.8. The van der Waals surface area contributed by atoms with Crippen LogP contribution >= 0.6 is 34.8 Å². The number of alkyl halides is 3. The molecule has 0 radical (unpaired) electrons. The first-order valence-corrected chi connectivity index (χ1v) is 9.75. The molecule has 2 aromatic rings. The van der Waals surface area contributed by atoms with Gasteiger partial charge < -0.3 is 0 Å². The average Bonchev–Trinajstić information content (AvgIpc) is 2.58. The van der Waals surface area contributed by atoms with E-state index in [9.17, 15) is 13.2 Å². The summed E-state index contributed by atoms with van der Waals surface area (Å²) in [6.07, 6.45) is 1.16. The number of benzene rings is 2. The van der Waals surface area contributed by atoms with Crippen LogP contribution in [0.3, 0.4) is 0 Å². The molecular formula is C21H20Cl3F3. The predicted octanol–water partition coefficient (Wildman–Crippen LogP) is 8.66. The SMILES string of the molecule is CCCCc1cc(/C=C/C(c2cc(Cl)c(Cl)c(Cl)c2)C(F)(F)F)ccc1C. The molecule has 0 saturated heterocycles. The van der Waals surface area contributed by atoms with Crippen LogP contribution in [0.1, 0.15) is 47.9 Å². The lowest BCUT2D eigenvalue weighted by Gasteiger charge is -2.18. The quantitative estimate of drug-likeness (QED) is 0.398. The molecule has 0 aliphatic rings. The molecule has 0 nitrogen and oxygen atoms in total. The fourth-order valence-electron chi connectivity index (χ4n) is 2.80. The first-order chi connectivity index (χ1) is 12.6. The average molecular weight is 436 g/mol. The summed E-state index contributed by atoms with van der Waals surface area (Å²) in [5.74, 6) is -1.83. The molecule has 0 saturated carbocycles. The normalized spacial score (nSPS) is 13.3. The largest absolute Gasteiger partial charge is 0.399 e. The number of hydrogen-bond acceptors (Lipinski definition) is 0. The second kappa shape index (κ2) is 9.36. The van der Waals surface area contributed by atoms with Gasteiger partial charge in [-0.1, -0.05) is 78.5 Å². The Labute approximate surface area is 172 Å². The van der Waals surface area contributed by atoms with E-state index < -0.39 is 12.1 Å². The topological polar surface area (TPSA) is 0 Å². The maximum atomic E-state index is 13.6. The van der Waals surface area contributed by atoms with Crippen molar-refractivity contribution in [2.24, 2.45) is 0 Å². The Bertz CT molecular complexity index is 803. The van der Waals surface area contributed by atoms with Crippen LogP contribution in [0.15, 0.2) is 36.4 Å². The summed E-state index contributed by atoms with van der Waals surface area (Å²) in [6, 6.07) is 8.11. The minimum Gasteiger partial charge on any atom is -0.170 e. The summed E-state index contributed by atoms with van der Waals surface area (Å²) in [6.45, 7) is 4.12. The Balaban J connectivity index is 2.37. The van der Waals surface area contributed by atoms with E-state index in [1.54, 1.807) is 0 Å². The summed E-state index contributed by atoms with van der Waals surface area (Å²) in [4.78, 5) is 0. The van der Waals surface area contributed by atoms with Gasteiger partial charge in [0.25, 0.3) is 0 Å². The third-order valence-electron chi connectivity index (χ3n) is 4.37. The van der Waals surface area contributed by atoms with Crippen LogP contribution in [0.4, 0.5) is 13.2 Å². The smallest absolute Gasteiger partial charge is 0.170 e. The lowest BCUT2D eigenvalue weighted by Crippen LogP contribution is -2.19. The molecule has 0 N–H and O–H groups in total. The van der Waals surface area contributed by atoms with E-state index >= 15 is 0 Å². The maximum Gasteiger partial charge on any atom is 0.399 e. The van der Waals surface area contributed by atoms with Gasteiger partial charge in [-0.2, -0.15) is 13.2 Å². The number of aryl methyl sites for hydroxylation is 2. The standard InChI is InChI=1S/C21H20Cl3F3/c1-3-4-5-15-10-14(7-6-13(15)2)8-9-17(21(25,26)27)16-11-18(22)20(24)19(23)12-16/h6-12,17H,3-5H2,1-2H3/b9-8+. The molecule has 0 spiro atoms. The van der Waals surface area contributed by atoms with Gasteiger partial charge >= 0.3 is 6.18 Å². The molecule has 1 atom stereocenters. The van der Waals surface area contributed by atoms with E-state index in [4.69, 9.17) is 34.8 Å². The molecule has 146 valence electrons. The zero-order valence-corrected chi connectivity index (χ0v) is 17.3. The molecular weight excluding hydrogens is 416 g/mol. The van der Waals surface area contributed by atoms with E-state index in [1.165, 1.54) is 18.2 Å². The van der Waals surface area contributed by atoms with Crippen molar-refractivity contribution in [1.29, 1.82) is 0 Å². The Morgan fingerprint density at radius 2 is 1.67 bits per heavy atom. The molecule has 2 aromatic carbocycles. The number of halogens is 6. The molecule has 0 fully saturated rings. The summed E-state index contributed by atoms with van der Waals surface area (Å²) in [5.41, 5.74) is 2.98. The molecule has 0 aliphatic carbocycles. The monoisotopic (exact) mass is 434 g/mol. The van der Waals surface area contributed by atoms with E-state index in [1.807, 2.05) is 25.1 Å². The van der Waals surface area contributed by atoms with Gasteiger partial charge in [-0.25, -0.2) is 0 Å². The van der Waals surface area contributed by atoms with Crippen molar-refractivity contribution < 1.29 is 13.2 Å². The summed E-state index contributed by atoms with van der Waals surface area (Å²) in [7, 11) is 0. The number of hydrogen-bond donors (Lipinski definition) is 0. The van der Waals surface area contributed by atoms with Crippen LogP contribution in [-0.2, 0) is 6.42 Å². The van der Waals surface area contributed by atoms with Gasteiger partial charge in [-0.05, 0) is 54.2 Å². The van der Waals surface area contributed by atoms with Crippen molar-refractivity contribution in [2.45, 2.75) is 45.2 Å². The minimum absolute atomic E-state index is 0.000922. The fraction of sp³-hybridized carbons (Fsp3) is 0.333. The molecule has 2 rings (SSSR count). The van der Waals surface area contributed by atoms with Gasteiger partial charge in [0.1, 0.15) is 0 Å². The third-order valence-corrected chi connectivity index (χ3v) is 5.57. The highest BCUT2D eigenvalue weighted by Gasteiger charge is 2.39. The molecule has 0 aliphatic heterocycles. The van der Waals surface area contributed by atoms with Gasteiger partial charge in [0.05, 0.1) is 21.0 Å². The Morgan fingerprint density at radius 3 is 2.22 bits per heavy atom. The number of allylic oxidation sites excluding steroid dienone is 1. The fourth-order valence-corrected chi connectivity index (χ4v) is 3.42. The highest BCUT2D eigenvalue weighted by atomic mass is 35.5. The summed E-state index contributed by atoms with van der Waals surface area (Å²) >= 11 is 17.7. The van der Waals surface area contributed by atoms with Crippen molar-refractivity contribution in [2.75, 3.05) is 0 Å². The van der Waals surface area contributed by atoms with Gasteiger partial charge in [-0.15, -0.1) is 0 Å². The van der Waals surface area contributed by atoms with Crippen molar-refractivity contribution >= 4 is 40.9 Å². The van der Waals surface area contributed by atoms with E-state index in [0.717, 1.165) is 42.0 Å². The molecule has 27 heavy (non-hydrogen) atoms. The van der Waals surface area contributed by atoms with Crippen molar-refractivity contribution in [3.8, 4) is 0 Å². The van der Waals surface area contributed by atoms with Crippen molar-refractivity contribution in [3.05, 3.63) is 73.7 Å². The molecule has 0 heterocycles. The van der Waals surface area contributed by atoms with Gasteiger partial charge in [0.2, 0.25) is 0 Å².